The summed E-state index contributed by atoms with van der Waals surface area (Å²) in [5.74, 6) is 0.00918. The minimum atomic E-state index is -0.00183. The summed E-state index contributed by atoms with van der Waals surface area (Å²) < 4.78 is 5.28. The maximum atomic E-state index is 12.3. The Bertz CT molecular complexity index is 619. The summed E-state index contributed by atoms with van der Waals surface area (Å²) in [5, 5.41) is 6.50. The van der Waals surface area contributed by atoms with Crippen LogP contribution in [0, 0.1) is 5.92 Å². The second kappa shape index (κ2) is 5.92. The van der Waals surface area contributed by atoms with Gasteiger partial charge in [-0.05, 0) is 36.6 Å². The van der Waals surface area contributed by atoms with Gasteiger partial charge in [0.2, 0.25) is 5.91 Å². The highest BCUT2D eigenvalue weighted by Gasteiger charge is 2.22. The molecule has 2 N–H and O–H groups in total. The first-order chi connectivity index (χ1) is 10.1. The van der Waals surface area contributed by atoms with E-state index in [1.54, 1.807) is 0 Å². The van der Waals surface area contributed by atoms with Crippen LogP contribution in [0.1, 0.15) is 24.0 Å². The first kappa shape index (κ1) is 14.2. The molecule has 21 heavy (non-hydrogen) atoms. The smallest absolute Gasteiger partial charge is 0.227 e. The van der Waals surface area contributed by atoms with Crippen LogP contribution in [0.25, 0.3) is 11.8 Å². The number of hydrogen-bond donors (Lipinski definition) is 2. The van der Waals surface area contributed by atoms with Crippen molar-refractivity contribution in [2.45, 2.75) is 12.8 Å². The Morgan fingerprint density at radius 3 is 2.90 bits per heavy atom. The van der Waals surface area contributed by atoms with Gasteiger partial charge in [-0.3, -0.25) is 4.79 Å². The number of rotatable bonds is 2. The van der Waals surface area contributed by atoms with Gasteiger partial charge in [0.1, 0.15) is 0 Å². The Labute approximate surface area is 128 Å². The van der Waals surface area contributed by atoms with Crippen molar-refractivity contribution in [1.82, 2.24) is 5.32 Å². The summed E-state index contributed by atoms with van der Waals surface area (Å²) in [7, 11) is 0. The van der Waals surface area contributed by atoms with E-state index < -0.39 is 0 Å². The van der Waals surface area contributed by atoms with E-state index in [4.69, 9.17) is 16.3 Å². The molecule has 110 valence electrons. The van der Waals surface area contributed by atoms with Crippen LogP contribution in [0.15, 0.2) is 24.9 Å². The Morgan fingerprint density at radius 2 is 2.14 bits per heavy atom. The van der Waals surface area contributed by atoms with Crippen LogP contribution in [-0.4, -0.2) is 19.1 Å². The van der Waals surface area contributed by atoms with Gasteiger partial charge in [0, 0.05) is 36.6 Å². The van der Waals surface area contributed by atoms with Crippen molar-refractivity contribution < 1.29 is 9.53 Å². The first-order valence-corrected chi connectivity index (χ1v) is 7.37. The van der Waals surface area contributed by atoms with E-state index in [2.05, 4.69) is 17.2 Å². The molecule has 1 aromatic rings. The number of fused-ring (bicyclic) bond motifs is 1. The lowest BCUT2D eigenvalue weighted by Crippen LogP contribution is -2.28. The topological polar surface area (TPSA) is 50.4 Å². The average Bonchev–Trinajstić information content (AvgIpc) is 2.50. The molecule has 0 spiro atoms. The summed E-state index contributed by atoms with van der Waals surface area (Å²) in [6.07, 6.45) is 5.27. The molecule has 0 aliphatic carbocycles. The minimum Gasteiger partial charge on any atom is -0.381 e. The van der Waals surface area contributed by atoms with Crippen molar-refractivity contribution in [2.75, 3.05) is 18.5 Å². The van der Waals surface area contributed by atoms with E-state index in [1.165, 1.54) is 0 Å². The highest BCUT2D eigenvalue weighted by atomic mass is 35.5. The fourth-order valence-corrected chi connectivity index (χ4v) is 2.80. The van der Waals surface area contributed by atoms with Crippen LogP contribution >= 0.6 is 11.6 Å². The van der Waals surface area contributed by atoms with Gasteiger partial charge in [0.05, 0.1) is 10.7 Å². The molecule has 0 bridgehead atoms. The van der Waals surface area contributed by atoms with Gasteiger partial charge < -0.3 is 15.4 Å². The molecular weight excluding hydrogens is 288 g/mol. The summed E-state index contributed by atoms with van der Waals surface area (Å²) in [6.45, 7) is 5.22. The Hall–Kier alpha value is -1.78. The van der Waals surface area contributed by atoms with Gasteiger partial charge in [-0.25, -0.2) is 0 Å². The SMILES string of the molecule is C=C1NC=Cc2cc(NC(=O)C3CCOCC3)c(Cl)cc21. The van der Waals surface area contributed by atoms with Gasteiger partial charge in [-0.1, -0.05) is 18.2 Å². The summed E-state index contributed by atoms with van der Waals surface area (Å²) in [4.78, 5) is 12.3. The van der Waals surface area contributed by atoms with Gasteiger partial charge >= 0.3 is 0 Å². The number of anilines is 1. The van der Waals surface area contributed by atoms with Gasteiger partial charge in [-0.15, -0.1) is 0 Å². The lowest BCUT2D eigenvalue weighted by atomic mass is 9.98. The van der Waals surface area contributed by atoms with E-state index in [0.29, 0.717) is 23.9 Å². The first-order valence-electron chi connectivity index (χ1n) is 6.99. The Morgan fingerprint density at radius 1 is 1.38 bits per heavy atom. The number of carbonyl (C=O) groups excluding carboxylic acids is 1. The molecule has 0 saturated carbocycles. The van der Waals surface area contributed by atoms with Crippen molar-refractivity contribution in [3.05, 3.63) is 41.1 Å². The van der Waals surface area contributed by atoms with Gasteiger partial charge in [0.15, 0.2) is 0 Å². The largest absolute Gasteiger partial charge is 0.381 e. The highest BCUT2D eigenvalue weighted by Crippen LogP contribution is 2.32. The second-order valence-corrected chi connectivity index (χ2v) is 5.66. The molecule has 0 unspecified atom stereocenters. The quantitative estimate of drug-likeness (QED) is 0.882. The molecule has 3 rings (SSSR count). The standard InChI is InChI=1S/C16H17ClN2O2/c1-10-13-9-14(17)15(8-12(13)2-5-18-10)19-16(20)11-3-6-21-7-4-11/h2,5,8-9,11,18H,1,3-4,6-7H2,(H,19,20). The van der Waals surface area contributed by atoms with Crippen LogP contribution in [-0.2, 0) is 9.53 Å². The fraction of sp³-hybridized carbons (Fsp3) is 0.312. The second-order valence-electron chi connectivity index (χ2n) is 5.25. The number of nitrogens with one attached hydrogen (secondary N) is 2. The number of benzene rings is 1. The van der Waals surface area contributed by atoms with Crippen LogP contribution in [0.5, 0.6) is 0 Å². The molecule has 0 atom stereocenters. The van der Waals surface area contributed by atoms with Crippen LogP contribution in [0.3, 0.4) is 0 Å². The Kier molecular flexibility index (Phi) is 3.99. The lowest BCUT2D eigenvalue weighted by molar-refractivity contribution is -0.122. The number of carbonyl (C=O) groups is 1. The van der Waals surface area contributed by atoms with Crippen molar-refractivity contribution in [1.29, 1.82) is 0 Å². The molecule has 1 fully saturated rings. The molecule has 1 aromatic carbocycles. The average molecular weight is 305 g/mol. The van der Waals surface area contributed by atoms with Crippen molar-refractivity contribution in [3.63, 3.8) is 0 Å². The monoisotopic (exact) mass is 304 g/mol. The molecule has 0 radical (unpaired) electrons. The summed E-state index contributed by atoms with van der Waals surface area (Å²) >= 11 is 6.28. The molecule has 1 saturated heterocycles. The highest BCUT2D eigenvalue weighted by molar-refractivity contribution is 6.34. The van der Waals surface area contributed by atoms with Crippen LogP contribution < -0.4 is 10.6 Å². The zero-order valence-electron chi connectivity index (χ0n) is 11.6. The fourth-order valence-electron chi connectivity index (χ4n) is 2.59. The van der Waals surface area contributed by atoms with E-state index in [-0.39, 0.29) is 11.8 Å². The molecular formula is C16H17ClN2O2. The van der Waals surface area contributed by atoms with E-state index in [9.17, 15) is 4.79 Å². The van der Waals surface area contributed by atoms with E-state index >= 15 is 0 Å². The third-order valence-electron chi connectivity index (χ3n) is 3.83. The predicted octanol–water partition coefficient (Wildman–Crippen LogP) is 3.25. The molecule has 5 heteroatoms. The number of hydrogen-bond acceptors (Lipinski definition) is 3. The van der Waals surface area contributed by atoms with E-state index in [0.717, 1.165) is 29.7 Å². The maximum Gasteiger partial charge on any atom is 0.227 e. The molecule has 1 amide bonds. The van der Waals surface area contributed by atoms with E-state index in [1.807, 2.05) is 24.4 Å². The third kappa shape index (κ3) is 2.96. The number of amides is 1. The zero-order chi connectivity index (χ0) is 14.8. The van der Waals surface area contributed by atoms with Gasteiger partial charge in [-0.2, -0.15) is 0 Å². The zero-order valence-corrected chi connectivity index (χ0v) is 12.4. The van der Waals surface area contributed by atoms with Gasteiger partial charge in [0.25, 0.3) is 0 Å². The molecule has 4 nitrogen and oxygen atoms in total. The summed E-state index contributed by atoms with van der Waals surface area (Å²) in [5.41, 5.74) is 3.39. The predicted molar refractivity (Wildman–Crippen MR) is 84.8 cm³/mol. The molecule has 0 aromatic heterocycles. The molecule has 2 heterocycles. The van der Waals surface area contributed by atoms with Crippen LogP contribution in [0.4, 0.5) is 5.69 Å². The van der Waals surface area contributed by atoms with Crippen molar-refractivity contribution in [2.24, 2.45) is 5.92 Å². The molecule has 2 aliphatic heterocycles. The minimum absolute atomic E-state index is 0.00183. The van der Waals surface area contributed by atoms with Crippen molar-refractivity contribution in [3.8, 4) is 0 Å². The Balaban J connectivity index is 1.81. The third-order valence-corrected chi connectivity index (χ3v) is 4.15. The normalized spacial score (nSPS) is 18.0. The maximum absolute atomic E-state index is 12.3. The number of ether oxygens (including phenoxy) is 1. The molecule has 2 aliphatic rings. The van der Waals surface area contributed by atoms with Crippen LogP contribution in [0.2, 0.25) is 5.02 Å². The number of halogens is 1. The van der Waals surface area contributed by atoms with Crippen molar-refractivity contribution >= 4 is 35.0 Å². The summed E-state index contributed by atoms with van der Waals surface area (Å²) in [6, 6.07) is 3.72. The lowest BCUT2D eigenvalue weighted by Gasteiger charge is -2.22.